The van der Waals surface area contributed by atoms with Gasteiger partial charge in [-0.2, -0.15) is 0 Å². The van der Waals surface area contributed by atoms with E-state index in [1.807, 2.05) is 36.5 Å². The average molecular weight is 347 g/mol. The first kappa shape index (κ1) is 23.1. The summed E-state index contributed by atoms with van der Waals surface area (Å²) in [6.07, 6.45) is 27.4. The molecule has 0 fully saturated rings. The lowest BCUT2D eigenvalue weighted by molar-refractivity contribution is -0.136. The Morgan fingerprint density at radius 3 is 2.28 bits per heavy atom. The minimum Gasteiger partial charge on any atom is -0.481 e. The molecule has 25 heavy (non-hydrogen) atoms. The van der Waals surface area contributed by atoms with Crippen molar-refractivity contribution in [2.75, 3.05) is 0 Å². The Hall–Kier alpha value is -1.87. The third-order valence-corrected chi connectivity index (χ3v) is 3.50. The first-order valence-electron chi connectivity index (χ1n) is 9.35. The molecule has 0 aliphatic carbocycles. The van der Waals surface area contributed by atoms with Gasteiger partial charge in [0, 0.05) is 6.42 Å². The van der Waals surface area contributed by atoms with E-state index in [0.29, 0.717) is 12.8 Å². The fourth-order valence-corrected chi connectivity index (χ4v) is 2.06. The lowest BCUT2D eigenvalue weighted by atomic mass is 10.1. The van der Waals surface area contributed by atoms with Gasteiger partial charge in [-0.05, 0) is 38.5 Å². The van der Waals surface area contributed by atoms with Gasteiger partial charge in [0.05, 0.1) is 6.10 Å². The van der Waals surface area contributed by atoms with Gasteiger partial charge in [0.25, 0.3) is 0 Å². The second-order valence-electron chi connectivity index (χ2n) is 5.93. The first-order valence-corrected chi connectivity index (χ1v) is 9.35. The molecule has 1 atom stereocenters. The van der Waals surface area contributed by atoms with Gasteiger partial charge in [-0.1, -0.05) is 80.5 Å². The molecule has 3 nitrogen and oxygen atoms in total. The summed E-state index contributed by atoms with van der Waals surface area (Å²) in [4.78, 5) is 10.3. The van der Waals surface area contributed by atoms with Gasteiger partial charge in [0.2, 0.25) is 0 Å². The molecule has 0 bridgehead atoms. The molecule has 0 saturated carbocycles. The van der Waals surface area contributed by atoms with Crippen molar-refractivity contribution in [3.05, 3.63) is 60.8 Å². The maximum Gasteiger partial charge on any atom is 0.303 e. The van der Waals surface area contributed by atoms with Crippen LogP contribution in [-0.2, 0) is 4.79 Å². The second kappa shape index (κ2) is 18.5. The molecule has 0 rings (SSSR count). The number of carbonyl (C=O) groups is 1. The number of carboxylic acids is 1. The van der Waals surface area contributed by atoms with Crippen LogP contribution in [0.5, 0.6) is 0 Å². The molecule has 0 aromatic carbocycles. The summed E-state index contributed by atoms with van der Waals surface area (Å²) >= 11 is 0. The third kappa shape index (κ3) is 20.1. The lowest BCUT2D eigenvalue weighted by Crippen LogP contribution is -1.98. The maximum atomic E-state index is 10.3. The molecular formula is C22H34O3. The van der Waals surface area contributed by atoms with Gasteiger partial charge in [0.1, 0.15) is 0 Å². The Balaban J connectivity index is 3.66. The van der Waals surface area contributed by atoms with Gasteiger partial charge in [-0.25, -0.2) is 0 Å². The number of rotatable bonds is 15. The molecular weight excluding hydrogens is 312 g/mol. The van der Waals surface area contributed by atoms with Crippen LogP contribution >= 0.6 is 0 Å². The van der Waals surface area contributed by atoms with Gasteiger partial charge in [-0.15, -0.1) is 0 Å². The molecule has 140 valence electrons. The van der Waals surface area contributed by atoms with E-state index >= 15 is 0 Å². The van der Waals surface area contributed by atoms with Gasteiger partial charge < -0.3 is 10.2 Å². The van der Waals surface area contributed by atoms with E-state index < -0.39 is 12.1 Å². The number of carboxylic acid groups (broad SMARTS) is 1. The standard InChI is InChI=1S/C22H34O3/c1-2-3-4-5-12-15-18-21(23)19-16-13-10-8-6-7-9-11-14-17-20-22(24)25/h6-7,10-16,19,21,23H,2-5,8-9,17-18,20H2,1H3,(H,24,25)/b7-6-,13-10-,14-11-,15-12-,19-16+. The largest absolute Gasteiger partial charge is 0.481 e. The van der Waals surface area contributed by atoms with Crippen LogP contribution in [0.2, 0.25) is 0 Å². The predicted molar refractivity (Wildman–Crippen MR) is 107 cm³/mol. The number of hydrogen-bond donors (Lipinski definition) is 2. The highest BCUT2D eigenvalue weighted by molar-refractivity contribution is 5.66. The number of allylic oxidation sites excluding steroid dienone is 8. The van der Waals surface area contributed by atoms with Crippen LogP contribution in [0.1, 0.15) is 64.7 Å². The van der Waals surface area contributed by atoms with Crippen molar-refractivity contribution in [1.29, 1.82) is 0 Å². The molecule has 0 heterocycles. The average Bonchev–Trinajstić information content (AvgIpc) is 2.58. The van der Waals surface area contributed by atoms with Crippen LogP contribution < -0.4 is 0 Å². The van der Waals surface area contributed by atoms with Gasteiger partial charge in [0.15, 0.2) is 0 Å². The van der Waals surface area contributed by atoms with E-state index in [4.69, 9.17) is 5.11 Å². The number of aliphatic carboxylic acids is 1. The van der Waals surface area contributed by atoms with Crippen molar-refractivity contribution in [3.63, 3.8) is 0 Å². The van der Waals surface area contributed by atoms with E-state index in [1.54, 1.807) is 0 Å². The fraction of sp³-hybridized carbons (Fsp3) is 0.500. The van der Waals surface area contributed by atoms with Crippen molar-refractivity contribution in [1.82, 2.24) is 0 Å². The topological polar surface area (TPSA) is 57.5 Å². The normalized spacial score (nSPS) is 14.0. The third-order valence-electron chi connectivity index (χ3n) is 3.50. The zero-order chi connectivity index (χ0) is 18.6. The van der Waals surface area contributed by atoms with Crippen molar-refractivity contribution < 1.29 is 15.0 Å². The Morgan fingerprint density at radius 2 is 1.56 bits per heavy atom. The van der Waals surface area contributed by atoms with Crippen molar-refractivity contribution in [2.45, 2.75) is 70.8 Å². The molecule has 0 amide bonds. The molecule has 0 spiro atoms. The van der Waals surface area contributed by atoms with E-state index in [-0.39, 0.29) is 6.42 Å². The number of unbranched alkanes of at least 4 members (excludes halogenated alkanes) is 3. The predicted octanol–water partition coefficient (Wildman–Crippen LogP) is 5.74. The van der Waals surface area contributed by atoms with E-state index in [0.717, 1.165) is 19.3 Å². The minimum absolute atomic E-state index is 0.190. The van der Waals surface area contributed by atoms with Crippen molar-refractivity contribution >= 4 is 5.97 Å². The quantitative estimate of drug-likeness (QED) is 0.226. The maximum absolute atomic E-state index is 10.3. The molecule has 0 radical (unpaired) electrons. The summed E-state index contributed by atoms with van der Waals surface area (Å²) in [6, 6.07) is 0. The smallest absolute Gasteiger partial charge is 0.303 e. The second-order valence-corrected chi connectivity index (χ2v) is 5.93. The molecule has 3 heteroatoms. The Labute approximate surface area is 153 Å². The number of hydrogen-bond acceptors (Lipinski definition) is 2. The number of aliphatic hydroxyl groups excluding tert-OH is 1. The molecule has 0 aromatic heterocycles. The lowest BCUT2D eigenvalue weighted by Gasteiger charge is -1.99. The van der Waals surface area contributed by atoms with E-state index in [9.17, 15) is 9.90 Å². The Kier molecular flexibility index (Phi) is 17.1. The highest BCUT2D eigenvalue weighted by atomic mass is 16.4. The SMILES string of the molecule is CCCCC/C=C\CC(O)/C=C/C=C\C/C=C\C/C=C\CCC(=O)O. The van der Waals surface area contributed by atoms with E-state index in [1.165, 1.54) is 19.3 Å². The van der Waals surface area contributed by atoms with Crippen LogP contribution in [-0.4, -0.2) is 22.3 Å². The molecule has 0 aromatic rings. The number of aliphatic hydroxyl groups is 1. The van der Waals surface area contributed by atoms with E-state index in [2.05, 4.69) is 31.2 Å². The molecule has 0 saturated heterocycles. The van der Waals surface area contributed by atoms with Crippen LogP contribution in [0, 0.1) is 0 Å². The Bertz CT molecular complexity index is 456. The van der Waals surface area contributed by atoms with Gasteiger partial charge in [-0.3, -0.25) is 4.79 Å². The molecule has 0 aliphatic heterocycles. The molecule has 1 unspecified atom stereocenters. The van der Waals surface area contributed by atoms with Crippen molar-refractivity contribution in [2.24, 2.45) is 0 Å². The molecule has 0 aliphatic rings. The van der Waals surface area contributed by atoms with Crippen LogP contribution in [0.3, 0.4) is 0 Å². The fourth-order valence-electron chi connectivity index (χ4n) is 2.06. The minimum atomic E-state index is -0.758. The zero-order valence-electron chi connectivity index (χ0n) is 15.5. The highest BCUT2D eigenvalue weighted by Crippen LogP contribution is 2.02. The summed E-state index contributed by atoms with van der Waals surface area (Å²) in [7, 11) is 0. The van der Waals surface area contributed by atoms with Crippen LogP contribution in [0.4, 0.5) is 0 Å². The summed E-state index contributed by atoms with van der Waals surface area (Å²) < 4.78 is 0. The monoisotopic (exact) mass is 346 g/mol. The summed E-state index contributed by atoms with van der Waals surface area (Å²) in [5, 5.41) is 18.3. The van der Waals surface area contributed by atoms with Crippen LogP contribution in [0.15, 0.2) is 60.8 Å². The summed E-state index contributed by atoms with van der Waals surface area (Å²) in [6.45, 7) is 2.20. The van der Waals surface area contributed by atoms with Crippen molar-refractivity contribution in [3.8, 4) is 0 Å². The Morgan fingerprint density at radius 1 is 0.880 bits per heavy atom. The van der Waals surface area contributed by atoms with Crippen LogP contribution in [0.25, 0.3) is 0 Å². The molecule has 2 N–H and O–H groups in total. The van der Waals surface area contributed by atoms with Gasteiger partial charge >= 0.3 is 5.97 Å². The summed E-state index contributed by atoms with van der Waals surface area (Å²) in [5.41, 5.74) is 0. The summed E-state index contributed by atoms with van der Waals surface area (Å²) in [5.74, 6) is -0.758. The first-order chi connectivity index (χ1) is 12.2. The highest BCUT2D eigenvalue weighted by Gasteiger charge is 1.93. The zero-order valence-corrected chi connectivity index (χ0v) is 15.5.